The summed E-state index contributed by atoms with van der Waals surface area (Å²) in [4.78, 5) is 23.1. The highest BCUT2D eigenvalue weighted by Crippen LogP contribution is 2.12. The van der Waals surface area contributed by atoms with E-state index >= 15 is 0 Å². The van der Waals surface area contributed by atoms with Gasteiger partial charge in [-0.3, -0.25) is 9.59 Å². The Balaban J connectivity index is 1.66. The van der Waals surface area contributed by atoms with Crippen molar-refractivity contribution in [3.8, 4) is 5.75 Å². The zero-order valence-electron chi connectivity index (χ0n) is 12.3. The number of carbonyl (C=O) groups excluding carboxylic acids is 2. The van der Waals surface area contributed by atoms with E-state index in [1.54, 1.807) is 18.2 Å². The van der Waals surface area contributed by atoms with E-state index in [9.17, 15) is 14.0 Å². The molecule has 2 rings (SSSR count). The first-order chi connectivity index (χ1) is 11.1. The van der Waals surface area contributed by atoms with E-state index in [2.05, 4.69) is 5.32 Å². The van der Waals surface area contributed by atoms with E-state index in [4.69, 9.17) is 9.47 Å². The van der Waals surface area contributed by atoms with Crippen LogP contribution in [0.25, 0.3) is 0 Å². The van der Waals surface area contributed by atoms with Gasteiger partial charge in [0.05, 0.1) is 18.7 Å². The number of nitrogens with one attached hydrogen (secondary N) is 1. The predicted molar refractivity (Wildman–Crippen MR) is 82.5 cm³/mol. The number of rotatable bonds is 7. The molecular weight excluding hydrogens is 301 g/mol. The average Bonchev–Trinajstić information content (AvgIpc) is 2.56. The third kappa shape index (κ3) is 5.78. The van der Waals surface area contributed by atoms with Gasteiger partial charge in [-0.25, -0.2) is 4.39 Å². The Morgan fingerprint density at radius 3 is 2.43 bits per heavy atom. The van der Waals surface area contributed by atoms with E-state index in [1.807, 2.05) is 18.2 Å². The first-order valence-electron chi connectivity index (χ1n) is 7.03. The minimum atomic E-state index is -0.604. The molecule has 0 fully saturated rings. The van der Waals surface area contributed by atoms with Gasteiger partial charge in [0, 0.05) is 0 Å². The smallest absolute Gasteiger partial charge is 0.309 e. The van der Waals surface area contributed by atoms with E-state index in [0.29, 0.717) is 5.75 Å². The first-order valence-corrected chi connectivity index (χ1v) is 7.03. The summed E-state index contributed by atoms with van der Waals surface area (Å²) in [5.41, 5.74) is 0.0426. The van der Waals surface area contributed by atoms with Crippen LogP contribution in [0.4, 0.5) is 10.1 Å². The van der Waals surface area contributed by atoms with Gasteiger partial charge in [-0.15, -0.1) is 0 Å². The van der Waals surface area contributed by atoms with Crippen LogP contribution in [0.5, 0.6) is 5.75 Å². The molecule has 0 heterocycles. The molecule has 0 aliphatic heterocycles. The topological polar surface area (TPSA) is 64.6 Å². The summed E-state index contributed by atoms with van der Waals surface area (Å²) in [7, 11) is 0. The summed E-state index contributed by atoms with van der Waals surface area (Å²) >= 11 is 0. The molecule has 0 atom stereocenters. The minimum absolute atomic E-state index is 0.0157. The van der Waals surface area contributed by atoms with Gasteiger partial charge >= 0.3 is 5.97 Å². The van der Waals surface area contributed by atoms with Crippen molar-refractivity contribution in [3.63, 3.8) is 0 Å². The Morgan fingerprint density at radius 1 is 1.00 bits per heavy atom. The van der Waals surface area contributed by atoms with Crippen molar-refractivity contribution in [2.45, 2.75) is 6.42 Å². The highest BCUT2D eigenvalue weighted by Gasteiger charge is 2.10. The number of hydrogen-bond donors (Lipinski definition) is 1. The lowest BCUT2D eigenvalue weighted by Crippen LogP contribution is -2.22. The first kappa shape index (κ1) is 16.5. The number of para-hydroxylation sites is 2. The summed E-state index contributed by atoms with van der Waals surface area (Å²) < 4.78 is 23.5. The van der Waals surface area contributed by atoms with Crippen LogP contribution in [0.3, 0.4) is 0 Å². The summed E-state index contributed by atoms with van der Waals surface area (Å²) in [6.45, 7) is -0.323. The molecule has 5 nitrogen and oxygen atoms in total. The lowest BCUT2D eigenvalue weighted by Gasteiger charge is -2.08. The normalized spacial score (nSPS) is 9.96. The Labute approximate surface area is 133 Å². The van der Waals surface area contributed by atoms with Crippen LogP contribution in [-0.4, -0.2) is 25.1 Å². The van der Waals surface area contributed by atoms with Crippen LogP contribution in [0, 0.1) is 5.82 Å². The molecule has 0 aliphatic rings. The van der Waals surface area contributed by atoms with Gasteiger partial charge in [0.25, 0.3) is 5.91 Å². The second-order valence-electron chi connectivity index (χ2n) is 4.60. The molecule has 2 aromatic rings. The molecule has 0 aliphatic carbocycles. The Kier molecular flexibility index (Phi) is 6.11. The molecule has 1 N–H and O–H groups in total. The second kappa shape index (κ2) is 8.53. The molecule has 120 valence electrons. The quantitative estimate of drug-likeness (QED) is 0.798. The second-order valence-corrected chi connectivity index (χ2v) is 4.60. The predicted octanol–water partition coefficient (Wildman–Crippen LogP) is 2.78. The van der Waals surface area contributed by atoms with Crippen molar-refractivity contribution >= 4 is 17.6 Å². The highest BCUT2D eigenvalue weighted by molar-refractivity contribution is 5.92. The molecule has 23 heavy (non-hydrogen) atoms. The summed E-state index contributed by atoms with van der Waals surface area (Å²) in [6.07, 6.45) is 0.0157. The maximum absolute atomic E-state index is 13.3. The van der Waals surface area contributed by atoms with Crippen LogP contribution in [0.1, 0.15) is 6.42 Å². The molecule has 0 saturated heterocycles. The van der Waals surface area contributed by atoms with E-state index < -0.39 is 24.3 Å². The number of anilines is 1. The highest BCUT2D eigenvalue weighted by atomic mass is 19.1. The molecule has 0 radical (unpaired) electrons. The van der Waals surface area contributed by atoms with Crippen LogP contribution < -0.4 is 10.1 Å². The average molecular weight is 317 g/mol. The SMILES string of the molecule is O=C(COC(=O)CCOc1ccccc1)Nc1ccccc1F. The van der Waals surface area contributed by atoms with E-state index in [1.165, 1.54) is 18.2 Å². The third-order valence-corrected chi connectivity index (χ3v) is 2.83. The zero-order valence-corrected chi connectivity index (χ0v) is 12.3. The Hall–Kier alpha value is -2.89. The van der Waals surface area contributed by atoms with Gasteiger partial charge in [0.2, 0.25) is 0 Å². The third-order valence-electron chi connectivity index (χ3n) is 2.83. The Bertz CT molecular complexity index is 661. The molecular formula is C17H16FNO4. The van der Waals surface area contributed by atoms with Crippen LogP contribution in [-0.2, 0) is 14.3 Å². The summed E-state index contributed by atoms with van der Waals surface area (Å²) in [6, 6.07) is 14.8. The van der Waals surface area contributed by atoms with E-state index in [0.717, 1.165) is 0 Å². The summed E-state index contributed by atoms with van der Waals surface area (Å²) in [5.74, 6) is -1.07. The number of esters is 1. The van der Waals surface area contributed by atoms with Crippen LogP contribution in [0.2, 0.25) is 0 Å². The van der Waals surface area contributed by atoms with Crippen molar-refractivity contribution in [3.05, 3.63) is 60.4 Å². The molecule has 0 saturated carbocycles. The lowest BCUT2D eigenvalue weighted by molar-refractivity contribution is -0.147. The molecule has 0 bridgehead atoms. The molecule has 0 spiro atoms. The molecule has 1 amide bonds. The largest absolute Gasteiger partial charge is 0.493 e. The summed E-state index contributed by atoms with van der Waals surface area (Å²) in [5, 5.41) is 2.33. The van der Waals surface area contributed by atoms with Gasteiger partial charge < -0.3 is 14.8 Å². The van der Waals surface area contributed by atoms with Gasteiger partial charge in [0.1, 0.15) is 11.6 Å². The number of benzene rings is 2. The molecule has 0 unspecified atom stereocenters. The molecule has 2 aromatic carbocycles. The fourth-order valence-corrected chi connectivity index (χ4v) is 1.74. The zero-order chi connectivity index (χ0) is 16.5. The van der Waals surface area contributed by atoms with Crippen molar-refractivity contribution in [2.75, 3.05) is 18.5 Å². The van der Waals surface area contributed by atoms with Crippen molar-refractivity contribution < 1.29 is 23.5 Å². The monoisotopic (exact) mass is 317 g/mol. The van der Waals surface area contributed by atoms with Gasteiger partial charge in [-0.2, -0.15) is 0 Å². The van der Waals surface area contributed by atoms with Crippen molar-refractivity contribution in [1.82, 2.24) is 0 Å². The van der Waals surface area contributed by atoms with E-state index in [-0.39, 0.29) is 18.7 Å². The number of hydrogen-bond acceptors (Lipinski definition) is 4. The van der Waals surface area contributed by atoms with Crippen molar-refractivity contribution in [2.24, 2.45) is 0 Å². The van der Waals surface area contributed by atoms with Gasteiger partial charge in [-0.05, 0) is 24.3 Å². The number of carbonyl (C=O) groups is 2. The fraction of sp³-hybridized carbons (Fsp3) is 0.176. The molecule has 0 aromatic heterocycles. The Morgan fingerprint density at radius 2 is 1.70 bits per heavy atom. The number of halogens is 1. The van der Waals surface area contributed by atoms with Crippen LogP contribution >= 0.6 is 0 Å². The standard InChI is InChI=1S/C17H16FNO4/c18-14-8-4-5-9-15(14)19-16(20)12-23-17(21)10-11-22-13-6-2-1-3-7-13/h1-9H,10-12H2,(H,19,20). The molecule has 6 heteroatoms. The van der Waals surface area contributed by atoms with Gasteiger partial charge in [0.15, 0.2) is 6.61 Å². The van der Waals surface area contributed by atoms with Crippen molar-refractivity contribution in [1.29, 1.82) is 0 Å². The lowest BCUT2D eigenvalue weighted by atomic mass is 10.3. The van der Waals surface area contributed by atoms with Gasteiger partial charge in [-0.1, -0.05) is 30.3 Å². The fourth-order valence-electron chi connectivity index (χ4n) is 1.74. The maximum atomic E-state index is 13.3. The maximum Gasteiger partial charge on any atom is 0.309 e. The minimum Gasteiger partial charge on any atom is -0.493 e. The van der Waals surface area contributed by atoms with Crippen LogP contribution in [0.15, 0.2) is 54.6 Å². The number of amides is 1. The number of ether oxygens (including phenoxy) is 2.